The number of hydrogen-bond acceptors (Lipinski definition) is 2. The predicted octanol–water partition coefficient (Wildman–Crippen LogP) is 3.19. The van der Waals surface area contributed by atoms with E-state index in [1.807, 2.05) is 19.9 Å². The van der Waals surface area contributed by atoms with Gasteiger partial charge in [0.1, 0.15) is 11.3 Å². The standard InChI is InChI=1S/C15H17NO2/c1-5-15(17)16(4)9-14-11(3)12-7-6-10(2)8-13(12)18-14/h5-8H,1,9H2,2-4H3. The molecule has 0 saturated heterocycles. The molecule has 2 aromatic rings. The maximum Gasteiger partial charge on any atom is 0.246 e. The van der Waals surface area contributed by atoms with Crippen LogP contribution in [0.3, 0.4) is 0 Å². The van der Waals surface area contributed by atoms with E-state index in [9.17, 15) is 4.79 Å². The summed E-state index contributed by atoms with van der Waals surface area (Å²) in [6.07, 6.45) is 1.31. The Bertz CT molecular complexity index is 610. The average Bonchev–Trinajstić information content (AvgIpc) is 2.64. The highest BCUT2D eigenvalue weighted by Gasteiger charge is 2.14. The number of benzene rings is 1. The van der Waals surface area contributed by atoms with Crippen LogP contribution in [0.15, 0.2) is 35.3 Å². The molecular formula is C15H17NO2. The summed E-state index contributed by atoms with van der Waals surface area (Å²) in [6.45, 7) is 7.99. The molecule has 3 heteroatoms. The first-order valence-corrected chi connectivity index (χ1v) is 5.89. The van der Waals surface area contributed by atoms with E-state index in [0.717, 1.165) is 22.3 Å². The number of nitrogens with zero attached hydrogens (tertiary/aromatic N) is 1. The molecule has 0 aliphatic rings. The van der Waals surface area contributed by atoms with Gasteiger partial charge in [0.15, 0.2) is 0 Å². The van der Waals surface area contributed by atoms with Gasteiger partial charge in [0.05, 0.1) is 6.54 Å². The van der Waals surface area contributed by atoms with Gasteiger partial charge in [0, 0.05) is 18.0 Å². The lowest BCUT2D eigenvalue weighted by atomic mass is 10.1. The van der Waals surface area contributed by atoms with Gasteiger partial charge in [-0.3, -0.25) is 4.79 Å². The van der Waals surface area contributed by atoms with Gasteiger partial charge in [0.2, 0.25) is 5.91 Å². The Hall–Kier alpha value is -2.03. The van der Waals surface area contributed by atoms with Crippen LogP contribution in [0.2, 0.25) is 0 Å². The topological polar surface area (TPSA) is 33.5 Å². The monoisotopic (exact) mass is 243 g/mol. The van der Waals surface area contributed by atoms with Crippen LogP contribution in [0.25, 0.3) is 11.0 Å². The highest BCUT2D eigenvalue weighted by Crippen LogP contribution is 2.26. The van der Waals surface area contributed by atoms with E-state index in [2.05, 4.69) is 18.7 Å². The van der Waals surface area contributed by atoms with Crippen LogP contribution in [0, 0.1) is 13.8 Å². The molecule has 0 aliphatic heterocycles. The van der Waals surface area contributed by atoms with Gasteiger partial charge in [-0.1, -0.05) is 18.7 Å². The molecule has 0 radical (unpaired) electrons. The molecule has 2 rings (SSSR count). The third-order valence-corrected chi connectivity index (χ3v) is 3.12. The van der Waals surface area contributed by atoms with Crippen LogP contribution in [-0.2, 0) is 11.3 Å². The average molecular weight is 243 g/mol. The van der Waals surface area contributed by atoms with E-state index in [1.165, 1.54) is 11.6 Å². The summed E-state index contributed by atoms with van der Waals surface area (Å²) in [6, 6.07) is 6.14. The van der Waals surface area contributed by atoms with Crippen molar-refractivity contribution in [3.8, 4) is 0 Å². The molecule has 0 unspecified atom stereocenters. The number of carbonyl (C=O) groups excluding carboxylic acids is 1. The lowest BCUT2D eigenvalue weighted by Gasteiger charge is -2.13. The highest BCUT2D eigenvalue weighted by molar-refractivity contribution is 5.87. The number of rotatable bonds is 3. The molecule has 18 heavy (non-hydrogen) atoms. The lowest BCUT2D eigenvalue weighted by molar-refractivity contribution is -0.125. The Morgan fingerprint density at radius 2 is 2.17 bits per heavy atom. The van der Waals surface area contributed by atoms with Crippen LogP contribution in [-0.4, -0.2) is 17.9 Å². The second kappa shape index (κ2) is 4.69. The fourth-order valence-electron chi connectivity index (χ4n) is 1.98. The molecule has 94 valence electrons. The number of hydrogen-bond donors (Lipinski definition) is 0. The third-order valence-electron chi connectivity index (χ3n) is 3.12. The second-order valence-corrected chi connectivity index (χ2v) is 4.55. The summed E-state index contributed by atoms with van der Waals surface area (Å²) >= 11 is 0. The number of aryl methyl sites for hydroxylation is 2. The maximum absolute atomic E-state index is 11.5. The Morgan fingerprint density at radius 3 is 2.83 bits per heavy atom. The van der Waals surface area contributed by atoms with Gasteiger partial charge >= 0.3 is 0 Å². The summed E-state index contributed by atoms with van der Waals surface area (Å²) in [5.41, 5.74) is 3.13. The van der Waals surface area contributed by atoms with Crippen molar-refractivity contribution in [1.82, 2.24) is 4.90 Å². The maximum atomic E-state index is 11.5. The molecule has 3 nitrogen and oxygen atoms in total. The molecule has 0 fully saturated rings. The minimum Gasteiger partial charge on any atom is -0.459 e. The molecule has 0 saturated carbocycles. The molecular weight excluding hydrogens is 226 g/mol. The first kappa shape index (κ1) is 12.4. The van der Waals surface area contributed by atoms with Gasteiger partial charge in [-0.25, -0.2) is 0 Å². The van der Waals surface area contributed by atoms with Crippen LogP contribution in [0.4, 0.5) is 0 Å². The van der Waals surface area contributed by atoms with Crippen molar-refractivity contribution in [3.63, 3.8) is 0 Å². The molecule has 0 N–H and O–H groups in total. The van der Waals surface area contributed by atoms with Crippen molar-refractivity contribution in [2.24, 2.45) is 0 Å². The summed E-state index contributed by atoms with van der Waals surface area (Å²) in [4.78, 5) is 13.1. The molecule has 0 bridgehead atoms. The largest absolute Gasteiger partial charge is 0.459 e. The van der Waals surface area contributed by atoms with Crippen molar-refractivity contribution in [1.29, 1.82) is 0 Å². The van der Waals surface area contributed by atoms with E-state index >= 15 is 0 Å². The zero-order chi connectivity index (χ0) is 13.3. The van der Waals surface area contributed by atoms with E-state index in [0.29, 0.717) is 6.54 Å². The zero-order valence-corrected chi connectivity index (χ0v) is 11.0. The van der Waals surface area contributed by atoms with Gasteiger partial charge in [-0.05, 0) is 31.6 Å². The lowest BCUT2D eigenvalue weighted by Crippen LogP contribution is -2.23. The van der Waals surface area contributed by atoms with Gasteiger partial charge in [-0.2, -0.15) is 0 Å². The Balaban J connectivity index is 2.37. The SMILES string of the molecule is C=CC(=O)N(C)Cc1oc2cc(C)ccc2c1C. The number of fused-ring (bicyclic) bond motifs is 1. The molecule has 0 aliphatic carbocycles. The smallest absolute Gasteiger partial charge is 0.246 e. The van der Waals surface area contributed by atoms with E-state index in [1.54, 1.807) is 11.9 Å². The Kier molecular flexibility index (Phi) is 3.24. The molecule has 1 amide bonds. The highest BCUT2D eigenvalue weighted by atomic mass is 16.3. The van der Waals surface area contributed by atoms with Gasteiger partial charge < -0.3 is 9.32 Å². The Morgan fingerprint density at radius 1 is 1.44 bits per heavy atom. The molecule has 1 heterocycles. The van der Waals surface area contributed by atoms with Gasteiger partial charge in [0.25, 0.3) is 0 Å². The van der Waals surface area contributed by atoms with Crippen molar-refractivity contribution >= 4 is 16.9 Å². The summed E-state index contributed by atoms with van der Waals surface area (Å²) in [5, 5.41) is 1.11. The van der Waals surface area contributed by atoms with Crippen molar-refractivity contribution in [2.75, 3.05) is 7.05 Å². The second-order valence-electron chi connectivity index (χ2n) is 4.55. The van der Waals surface area contributed by atoms with Crippen molar-refractivity contribution in [3.05, 3.63) is 47.7 Å². The summed E-state index contributed by atoms with van der Waals surface area (Å²) in [7, 11) is 1.74. The quantitative estimate of drug-likeness (QED) is 0.776. The van der Waals surface area contributed by atoms with Crippen LogP contribution >= 0.6 is 0 Å². The number of likely N-dealkylation sites (N-methyl/N-ethyl adjacent to an activating group) is 1. The molecule has 0 spiro atoms. The van der Waals surface area contributed by atoms with Gasteiger partial charge in [-0.15, -0.1) is 0 Å². The van der Waals surface area contributed by atoms with Crippen LogP contribution in [0.5, 0.6) is 0 Å². The van der Waals surface area contributed by atoms with Crippen LogP contribution < -0.4 is 0 Å². The number of furan rings is 1. The van der Waals surface area contributed by atoms with Crippen LogP contribution in [0.1, 0.15) is 16.9 Å². The minimum absolute atomic E-state index is 0.106. The van der Waals surface area contributed by atoms with E-state index < -0.39 is 0 Å². The first-order chi connectivity index (χ1) is 8.52. The summed E-state index contributed by atoms with van der Waals surface area (Å²) < 4.78 is 5.82. The zero-order valence-electron chi connectivity index (χ0n) is 11.0. The normalized spacial score (nSPS) is 10.6. The Labute approximate surface area is 107 Å². The van der Waals surface area contributed by atoms with Crippen molar-refractivity contribution in [2.45, 2.75) is 20.4 Å². The minimum atomic E-state index is -0.106. The van der Waals surface area contributed by atoms with Crippen molar-refractivity contribution < 1.29 is 9.21 Å². The first-order valence-electron chi connectivity index (χ1n) is 5.89. The molecule has 1 aromatic carbocycles. The predicted molar refractivity (Wildman–Crippen MR) is 72.4 cm³/mol. The fraction of sp³-hybridized carbons (Fsp3) is 0.267. The van der Waals surface area contributed by atoms with E-state index in [-0.39, 0.29) is 5.91 Å². The molecule has 1 aromatic heterocycles. The fourth-order valence-corrected chi connectivity index (χ4v) is 1.98. The number of carbonyl (C=O) groups is 1. The van der Waals surface area contributed by atoms with E-state index in [4.69, 9.17) is 4.42 Å². The summed E-state index contributed by atoms with van der Waals surface area (Å²) in [5.74, 6) is 0.722. The number of amides is 1. The molecule has 0 atom stereocenters. The third kappa shape index (κ3) is 2.16.